The van der Waals surface area contributed by atoms with Crippen molar-refractivity contribution in [1.82, 2.24) is 14.9 Å². The second-order valence-corrected chi connectivity index (χ2v) is 5.63. The van der Waals surface area contributed by atoms with Gasteiger partial charge < -0.3 is 15.5 Å². The lowest BCUT2D eigenvalue weighted by atomic mass is 10.0. The summed E-state index contributed by atoms with van der Waals surface area (Å²) in [5.41, 5.74) is 0.983. The Bertz CT molecular complexity index is 421. The highest BCUT2D eigenvalue weighted by molar-refractivity contribution is 5.41. The molecule has 20 heavy (non-hydrogen) atoms. The highest BCUT2D eigenvalue weighted by Gasteiger charge is 2.16. The molecule has 0 spiro atoms. The Morgan fingerprint density at radius 2 is 2.20 bits per heavy atom. The molecule has 2 rings (SSSR count). The second-order valence-electron chi connectivity index (χ2n) is 5.63. The number of rotatable bonds is 6. The average Bonchev–Trinajstić information content (AvgIpc) is 2.44. The molecule has 1 aromatic heterocycles. The SMILES string of the molecule is CNc1nc(C)cc(NCCCN2CCCCC2C)n1. The third kappa shape index (κ3) is 4.34. The summed E-state index contributed by atoms with van der Waals surface area (Å²) >= 11 is 0. The van der Waals surface area contributed by atoms with Gasteiger partial charge in [0.2, 0.25) is 5.95 Å². The molecule has 1 aromatic rings. The monoisotopic (exact) mass is 277 g/mol. The summed E-state index contributed by atoms with van der Waals surface area (Å²) in [4.78, 5) is 11.3. The van der Waals surface area contributed by atoms with Crippen LogP contribution >= 0.6 is 0 Å². The fourth-order valence-electron chi connectivity index (χ4n) is 2.76. The van der Waals surface area contributed by atoms with E-state index >= 15 is 0 Å². The zero-order valence-electron chi connectivity index (χ0n) is 12.9. The van der Waals surface area contributed by atoms with Crippen molar-refractivity contribution in [2.45, 2.75) is 45.6 Å². The molecule has 0 aliphatic carbocycles. The summed E-state index contributed by atoms with van der Waals surface area (Å²) in [6, 6.07) is 2.74. The molecular formula is C15H27N5. The Kier molecular flexibility index (Phi) is 5.59. The molecule has 5 nitrogen and oxygen atoms in total. The normalized spacial score (nSPS) is 19.9. The van der Waals surface area contributed by atoms with Crippen LogP contribution < -0.4 is 10.6 Å². The minimum Gasteiger partial charge on any atom is -0.370 e. The maximum Gasteiger partial charge on any atom is 0.224 e. The number of piperidine rings is 1. The van der Waals surface area contributed by atoms with Crippen LogP contribution in [-0.4, -0.2) is 47.6 Å². The molecule has 2 heterocycles. The van der Waals surface area contributed by atoms with Gasteiger partial charge in [0, 0.05) is 37.9 Å². The topological polar surface area (TPSA) is 53.1 Å². The Labute approximate surface area is 122 Å². The molecule has 112 valence electrons. The van der Waals surface area contributed by atoms with Crippen LogP contribution in [0.1, 0.15) is 38.3 Å². The lowest BCUT2D eigenvalue weighted by Gasteiger charge is -2.33. The number of aromatic nitrogens is 2. The van der Waals surface area contributed by atoms with Gasteiger partial charge in [0.05, 0.1) is 0 Å². The fourth-order valence-corrected chi connectivity index (χ4v) is 2.76. The number of anilines is 2. The molecular weight excluding hydrogens is 250 g/mol. The standard InChI is InChI=1S/C15H27N5/c1-12-11-14(19-15(16-3)18-12)17-8-6-10-20-9-5-4-7-13(20)2/h11,13H,4-10H2,1-3H3,(H2,16,17,18,19). The first-order valence-corrected chi connectivity index (χ1v) is 7.70. The van der Waals surface area contributed by atoms with Crippen molar-refractivity contribution in [2.24, 2.45) is 0 Å². The number of nitrogens with zero attached hydrogens (tertiary/aromatic N) is 3. The van der Waals surface area contributed by atoms with Gasteiger partial charge >= 0.3 is 0 Å². The lowest BCUT2D eigenvalue weighted by molar-refractivity contribution is 0.160. The fraction of sp³-hybridized carbons (Fsp3) is 0.733. The highest BCUT2D eigenvalue weighted by atomic mass is 15.2. The Hall–Kier alpha value is -1.36. The zero-order chi connectivity index (χ0) is 14.4. The van der Waals surface area contributed by atoms with E-state index in [1.807, 2.05) is 20.0 Å². The van der Waals surface area contributed by atoms with Crippen molar-refractivity contribution in [3.63, 3.8) is 0 Å². The van der Waals surface area contributed by atoms with Crippen LogP contribution in [0.15, 0.2) is 6.07 Å². The Morgan fingerprint density at radius 3 is 2.95 bits per heavy atom. The largest absolute Gasteiger partial charge is 0.370 e. The highest BCUT2D eigenvalue weighted by Crippen LogP contribution is 2.16. The first-order chi connectivity index (χ1) is 9.69. The van der Waals surface area contributed by atoms with E-state index in [2.05, 4.69) is 32.4 Å². The third-order valence-corrected chi connectivity index (χ3v) is 3.95. The van der Waals surface area contributed by atoms with E-state index in [-0.39, 0.29) is 0 Å². The van der Waals surface area contributed by atoms with Crippen LogP contribution in [0.2, 0.25) is 0 Å². The van der Waals surface area contributed by atoms with Gasteiger partial charge in [-0.3, -0.25) is 0 Å². The molecule has 1 aliphatic heterocycles. The molecule has 1 aliphatic rings. The van der Waals surface area contributed by atoms with Gasteiger partial charge in [-0.25, -0.2) is 4.98 Å². The molecule has 0 saturated carbocycles. The zero-order valence-corrected chi connectivity index (χ0v) is 12.9. The number of aryl methyl sites for hydroxylation is 1. The van der Waals surface area contributed by atoms with Gasteiger partial charge in [-0.2, -0.15) is 4.98 Å². The molecule has 1 saturated heterocycles. The van der Waals surface area contributed by atoms with Crippen LogP contribution in [0, 0.1) is 6.92 Å². The molecule has 0 amide bonds. The van der Waals surface area contributed by atoms with E-state index in [4.69, 9.17) is 0 Å². The van der Waals surface area contributed by atoms with Crippen LogP contribution in [0.3, 0.4) is 0 Å². The minimum atomic E-state index is 0.678. The maximum atomic E-state index is 4.40. The Morgan fingerprint density at radius 1 is 1.35 bits per heavy atom. The number of hydrogen-bond acceptors (Lipinski definition) is 5. The van der Waals surface area contributed by atoms with Gasteiger partial charge in [-0.15, -0.1) is 0 Å². The van der Waals surface area contributed by atoms with E-state index < -0.39 is 0 Å². The summed E-state index contributed by atoms with van der Waals surface area (Å²) in [7, 11) is 1.84. The molecule has 0 radical (unpaired) electrons. The number of nitrogens with one attached hydrogen (secondary N) is 2. The van der Waals surface area contributed by atoms with Gasteiger partial charge in [0.25, 0.3) is 0 Å². The summed E-state index contributed by atoms with van der Waals surface area (Å²) in [6.45, 7) is 7.74. The van der Waals surface area contributed by atoms with Crippen molar-refractivity contribution in [3.8, 4) is 0 Å². The van der Waals surface area contributed by atoms with Crippen LogP contribution in [0.4, 0.5) is 11.8 Å². The van der Waals surface area contributed by atoms with Crippen molar-refractivity contribution >= 4 is 11.8 Å². The van der Waals surface area contributed by atoms with Gasteiger partial charge in [0.15, 0.2) is 0 Å². The summed E-state index contributed by atoms with van der Waals surface area (Å²) in [6.07, 6.45) is 5.25. The molecule has 0 bridgehead atoms. The summed E-state index contributed by atoms with van der Waals surface area (Å²) in [5.74, 6) is 1.59. The van der Waals surface area contributed by atoms with Crippen molar-refractivity contribution < 1.29 is 0 Å². The summed E-state index contributed by atoms with van der Waals surface area (Å²) in [5, 5.41) is 6.38. The van der Waals surface area contributed by atoms with E-state index in [1.165, 1.54) is 32.4 Å². The molecule has 1 fully saturated rings. The minimum absolute atomic E-state index is 0.678. The molecule has 5 heteroatoms. The molecule has 1 atom stereocenters. The van der Waals surface area contributed by atoms with Crippen LogP contribution in [0.25, 0.3) is 0 Å². The van der Waals surface area contributed by atoms with Crippen molar-refractivity contribution in [2.75, 3.05) is 37.3 Å². The average molecular weight is 277 g/mol. The van der Waals surface area contributed by atoms with Gasteiger partial charge in [-0.1, -0.05) is 6.42 Å². The molecule has 2 N–H and O–H groups in total. The number of hydrogen-bond donors (Lipinski definition) is 2. The molecule has 1 unspecified atom stereocenters. The lowest BCUT2D eigenvalue weighted by Crippen LogP contribution is -2.38. The third-order valence-electron chi connectivity index (χ3n) is 3.95. The quantitative estimate of drug-likeness (QED) is 0.783. The van der Waals surface area contributed by atoms with Crippen molar-refractivity contribution in [3.05, 3.63) is 11.8 Å². The predicted octanol–water partition coefficient (Wildman–Crippen LogP) is 2.50. The van der Waals surface area contributed by atoms with E-state index in [1.54, 1.807) is 0 Å². The summed E-state index contributed by atoms with van der Waals surface area (Å²) < 4.78 is 0. The first-order valence-electron chi connectivity index (χ1n) is 7.70. The van der Waals surface area contributed by atoms with E-state index in [0.29, 0.717) is 5.95 Å². The Balaban J connectivity index is 1.74. The van der Waals surface area contributed by atoms with E-state index in [0.717, 1.165) is 30.5 Å². The smallest absolute Gasteiger partial charge is 0.224 e. The van der Waals surface area contributed by atoms with E-state index in [9.17, 15) is 0 Å². The van der Waals surface area contributed by atoms with Gasteiger partial charge in [-0.05, 0) is 39.7 Å². The first kappa shape index (κ1) is 15.0. The van der Waals surface area contributed by atoms with Crippen LogP contribution in [-0.2, 0) is 0 Å². The van der Waals surface area contributed by atoms with Crippen molar-refractivity contribution in [1.29, 1.82) is 0 Å². The second kappa shape index (κ2) is 7.43. The molecule has 0 aromatic carbocycles. The van der Waals surface area contributed by atoms with Gasteiger partial charge in [0.1, 0.15) is 5.82 Å². The predicted molar refractivity (Wildman–Crippen MR) is 84.3 cm³/mol. The van der Waals surface area contributed by atoms with Crippen LogP contribution in [0.5, 0.6) is 0 Å². The maximum absolute atomic E-state index is 4.40. The number of likely N-dealkylation sites (tertiary alicyclic amines) is 1.